The van der Waals surface area contributed by atoms with Gasteiger partial charge in [0.2, 0.25) is 0 Å². The number of rotatable bonds is 6. The Bertz CT molecular complexity index is 835. The third kappa shape index (κ3) is 4.14. The van der Waals surface area contributed by atoms with Gasteiger partial charge in [-0.25, -0.2) is 4.39 Å². The van der Waals surface area contributed by atoms with Crippen LogP contribution in [0.4, 0.5) is 4.39 Å². The molecule has 0 saturated carbocycles. The summed E-state index contributed by atoms with van der Waals surface area (Å²) in [6, 6.07) is 12.3. The first kappa shape index (κ1) is 17.4. The molecule has 0 aliphatic carbocycles. The van der Waals surface area contributed by atoms with Crippen LogP contribution in [0.25, 0.3) is 10.1 Å². The summed E-state index contributed by atoms with van der Waals surface area (Å²) in [5.74, 6) is -0.209. The Morgan fingerprint density at radius 3 is 2.88 bits per heavy atom. The molecule has 2 atom stereocenters. The van der Waals surface area contributed by atoms with Crippen molar-refractivity contribution in [1.29, 1.82) is 0 Å². The Kier molecular flexibility index (Phi) is 5.51. The van der Waals surface area contributed by atoms with Crippen LogP contribution in [0, 0.1) is 5.82 Å². The minimum atomic E-state index is -0.609. The third-order valence-corrected chi connectivity index (χ3v) is 5.28. The largest absolute Gasteiger partial charge is 0.387 e. The summed E-state index contributed by atoms with van der Waals surface area (Å²) < 4.78 is 14.5. The second kappa shape index (κ2) is 7.62. The summed E-state index contributed by atoms with van der Waals surface area (Å²) in [5.41, 5.74) is 1.93. The van der Waals surface area contributed by atoms with Crippen molar-refractivity contribution in [3.05, 3.63) is 69.8 Å². The van der Waals surface area contributed by atoms with E-state index in [0.717, 1.165) is 27.6 Å². The molecule has 2 aromatic carbocycles. The van der Waals surface area contributed by atoms with Crippen LogP contribution in [0.15, 0.2) is 47.8 Å². The van der Waals surface area contributed by atoms with E-state index in [9.17, 15) is 9.50 Å². The highest BCUT2D eigenvalue weighted by molar-refractivity contribution is 7.17. The summed E-state index contributed by atoms with van der Waals surface area (Å²) in [5, 5.41) is 17.3. The van der Waals surface area contributed by atoms with Crippen molar-refractivity contribution in [1.82, 2.24) is 5.32 Å². The molecule has 0 amide bonds. The highest BCUT2D eigenvalue weighted by atomic mass is 35.5. The van der Waals surface area contributed by atoms with Crippen molar-refractivity contribution in [2.75, 3.05) is 6.54 Å². The molecule has 126 valence electrons. The van der Waals surface area contributed by atoms with E-state index >= 15 is 0 Å². The number of fused-ring (bicyclic) bond motifs is 1. The lowest BCUT2D eigenvalue weighted by Gasteiger charge is -2.17. The topological polar surface area (TPSA) is 32.3 Å². The van der Waals surface area contributed by atoms with Crippen molar-refractivity contribution >= 4 is 33.0 Å². The third-order valence-electron chi connectivity index (χ3n) is 4.03. The molecule has 24 heavy (non-hydrogen) atoms. The maximum atomic E-state index is 13.5. The summed E-state index contributed by atoms with van der Waals surface area (Å²) in [4.78, 5) is 0. The maximum absolute atomic E-state index is 13.5. The molecule has 3 aromatic rings. The van der Waals surface area contributed by atoms with Crippen molar-refractivity contribution in [2.45, 2.75) is 25.5 Å². The van der Waals surface area contributed by atoms with Gasteiger partial charge in [0.05, 0.1) is 6.10 Å². The number of hydrogen-bond acceptors (Lipinski definition) is 3. The molecule has 0 spiro atoms. The lowest BCUT2D eigenvalue weighted by atomic mass is 10.0. The summed E-state index contributed by atoms with van der Waals surface area (Å²) >= 11 is 7.58. The Balaban J connectivity index is 1.61. The summed E-state index contributed by atoms with van der Waals surface area (Å²) in [7, 11) is 0. The van der Waals surface area contributed by atoms with Gasteiger partial charge in [-0.1, -0.05) is 23.7 Å². The van der Waals surface area contributed by atoms with Crippen LogP contribution in [0.1, 0.15) is 24.2 Å². The standard InChI is InChI=1S/C19H19ClFNOS/c1-12(22-10-18(23)13-3-2-4-15(20)8-13)7-14-11-24-19-6-5-16(21)9-17(14)19/h2-6,8-9,11-12,18,22-23H,7,10H2,1H3. The van der Waals surface area contributed by atoms with Gasteiger partial charge in [0.1, 0.15) is 5.82 Å². The molecular weight excluding hydrogens is 345 g/mol. The monoisotopic (exact) mass is 363 g/mol. The van der Waals surface area contributed by atoms with Crippen LogP contribution in [0.3, 0.4) is 0 Å². The molecule has 1 heterocycles. The van der Waals surface area contributed by atoms with E-state index in [1.54, 1.807) is 29.5 Å². The van der Waals surface area contributed by atoms with E-state index in [4.69, 9.17) is 11.6 Å². The summed E-state index contributed by atoms with van der Waals surface area (Å²) in [6.45, 7) is 2.51. The van der Waals surface area contributed by atoms with Crippen LogP contribution in [-0.4, -0.2) is 17.7 Å². The number of thiophene rings is 1. The average Bonchev–Trinajstić information content (AvgIpc) is 2.95. The second-order valence-electron chi connectivity index (χ2n) is 5.99. The van der Waals surface area contributed by atoms with Crippen molar-refractivity contribution < 1.29 is 9.50 Å². The van der Waals surface area contributed by atoms with Crippen molar-refractivity contribution in [3.8, 4) is 0 Å². The highest BCUT2D eigenvalue weighted by Gasteiger charge is 2.12. The van der Waals surface area contributed by atoms with Gasteiger partial charge in [-0.05, 0) is 65.6 Å². The average molecular weight is 364 g/mol. The normalized spacial score (nSPS) is 14.0. The Morgan fingerprint density at radius 1 is 1.25 bits per heavy atom. The molecular formula is C19H19ClFNOS. The number of benzene rings is 2. The molecule has 0 radical (unpaired) electrons. The molecule has 1 aromatic heterocycles. The Labute approximate surface area is 149 Å². The van der Waals surface area contributed by atoms with Gasteiger partial charge < -0.3 is 10.4 Å². The number of hydrogen-bond donors (Lipinski definition) is 2. The van der Waals surface area contributed by atoms with E-state index < -0.39 is 6.10 Å². The molecule has 0 aliphatic heterocycles. The smallest absolute Gasteiger partial charge is 0.123 e. The molecule has 0 fully saturated rings. The van der Waals surface area contributed by atoms with E-state index in [-0.39, 0.29) is 11.9 Å². The predicted molar refractivity (Wildman–Crippen MR) is 99.4 cm³/mol. The van der Waals surface area contributed by atoms with Crippen LogP contribution >= 0.6 is 22.9 Å². The predicted octanol–water partition coefficient (Wildman–Crippen LogP) is 4.95. The molecule has 2 nitrogen and oxygen atoms in total. The SMILES string of the molecule is CC(Cc1csc2ccc(F)cc12)NCC(O)c1cccc(Cl)c1. The molecule has 3 rings (SSSR count). The zero-order valence-corrected chi connectivity index (χ0v) is 14.9. The number of aliphatic hydroxyl groups is 1. The number of aliphatic hydroxyl groups excluding tert-OH is 1. The number of nitrogens with one attached hydrogen (secondary N) is 1. The molecule has 2 N–H and O–H groups in total. The minimum absolute atomic E-state index is 0.167. The molecule has 2 unspecified atom stereocenters. The first-order chi connectivity index (χ1) is 11.5. The van der Waals surface area contributed by atoms with E-state index in [1.807, 2.05) is 18.2 Å². The molecule has 0 saturated heterocycles. The zero-order chi connectivity index (χ0) is 17.1. The van der Waals surface area contributed by atoms with Gasteiger partial charge >= 0.3 is 0 Å². The Hall–Kier alpha value is -1.46. The lowest BCUT2D eigenvalue weighted by Crippen LogP contribution is -2.32. The second-order valence-corrected chi connectivity index (χ2v) is 7.33. The maximum Gasteiger partial charge on any atom is 0.123 e. The molecule has 5 heteroatoms. The fourth-order valence-corrected chi connectivity index (χ4v) is 3.91. The first-order valence-electron chi connectivity index (χ1n) is 7.85. The Morgan fingerprint density at radius 2 is 2.08 bits per heavy atom. The summed E-state index contributed by atoms with van der Waals surface area (Å²) in [6.07, 6.45) is 0.175. The van der Waals surface area contributed by atoms with Crippen molar-refractivity contribution in [2.24, 2.45) is 0 Å². The first-order valence-corrected chi connectivity index (χ1v) is 9.11. The molecule has 0 aliphatic rings. The lowest BCUT2D eigenvalue weighted by molar-refractivity contribution is 0.170. The van der Waals surface area contributed by atoms with E-state index in [2.05, 4.69) is 17.6 Å². The quantitative estimate of drug-likeness (QED) is 0.649. The van der Waals surface area contributed by atoms with Crippen LogP contribution in [-0.2, 0) is 6.42 Å². The van der Waals surface area contributed by atoms with Gasteiger partial charge in [-0.3, -0.25) is 0 Å². The van der Waals surface area contributed by atoms with Crippen LogP contribution in [0.2, 0.25) is 5.02 Å². The molecule has 0 bridgehead atoms. The fraction of sp³-hybridized carbons (Fsp3) is 0.263. The van der Waals surface area contributed by atoms with Crippen LogP contribution < -0.4 is 5.32 Å². The van der Waals surface area contributed by atoms with Gasteiger partial charge in [0.25, 0.3) is 0 Å². The van der Waals surface area contributed by atoms with Crippen LogP contribution in [0.5, 0.6) is 0 Å². The van der Waals surface area contributed by atoms with E-state index in [0.29, 0.717) is 11.6 Å². The van der Waals surface area contributed by atoms with Gasteiger partial charge in [-0.15, -0.1) is 11.3 Å². The van der Waals surface area contributed by atoms with Crippen molar-refractivity contribution in [3.63, 3.8) is 0 Å². The number of halogens is 2. The van der Waals surface area contributed by atoms with Gasteiger partial charge in [-0.2, -0.15) is 0 Å². The minimum Gasteiger partial charge on any atom is -0.387 e. The van der Waals surface area contributed by atoms with E-state index in [1.165, 1.54) is 6.07 Å². The van der Waals surface area contributed by atoms with Gasteiger partial charge in [0.15, 0.2) is 0 Å². The van der Waals surface area contributed by atoms with Gasteiger partial charge in [0, 0.05) is 22.3 Å². The highest BCUT2D eigenvalue weighted by Crippen LogP contribution is 2.27. The zero-order valence-electron chi connectivity index (χ0n) is 13.3. The fourth-order valence-electron chi connectivity index (χ4n) is 2.76.